The maximum absolute atomic E-state index is 12.6. The minimum absolute atomic E-state index is 0.133. The largest absolute Gasteiger partial charge is 0.476 e. The fourth-order valence-electron chi connectivity index (χ4n) is 2.39. The van der Waals surface area contributed by atoms with Crippen LogP contribution >= 0.6 is 0 Å². The van der Waals surface area contributed by atoms with Crippen LogP contribution in [-0.2, 0) is 4.79 Å². The third-order valence-electron chi connectivity index (χ3n) is 3.79. The Bertz CT molecular complexity index is 641. The van der Waals surface area contributed by atoms with Gasteiger partial charge in [-0.05, 0) is 30.7 Å². The van der Waals surface area contributed by atoms with E-state index < -0.39 is 6.10 Å². The molecule has 0 aliphatic heterocycles. The molecule has 4 nitrogen and oxygen atoms in total. The molecular weight excluding hydrogens is 300 g/mol. The van der Waals surface area contributed by atoms with E-state index in [0.717, 1.165) is 12.1 Å². The number of amides is 1. The van der Waals surface area contributed by atoms with Gasteiger partial charge < -0.3 is 15.4 Å². The Kier molecular flexibility index (Phi) is 6.82. The highest BCUT2D eigenvalue weighted by atomic mass is 16.5. The molecule has 0 spiro atoms. The lowest BCUT2D eigenvalue weighted by molar-refractivity contribution is -0.128. The maximum atomic E-state index is 12.6. The number of rotatable bonds is 8. The zero-order chi connectivity index (χ0) is 17.4. The Morgan fingerprint density at radius 2 is 1.71 bits per heavy atom. The summed E-state index contributed by atoms with van der Waals surface area (Å²) in [6.07, 6.45) is -0.662. The zero-order valence-corrected chi connectivity index (χ0v) is 14.6. The zero-order valence-electron chi connectivity index (χ0n) is 14.6. The van der Waals surface area contributed by atoms with E-state index >= 15 is 0 Å². The van der Waals surface area contributed by atoms with Crippen molar-refractivity contribution >= 4 is 5.91 Å². The normalized spacial score (nSPS) is 12.0. The second-order valence-corrected chi connectivity index (χ2v) is 6.03. The Balaban J connectivity index is 2.20. The van der Waals surface area contributed by atoms with E-state index in [1.165, 1.54) is 5.56 Å². The summed E-state index contributed by atoms with van der Waals surface area (Å²) in [5.41, 5.74) is 2.03. The molecule has 1 unspecified atom stereocenters. The van der Waals surface area contributed by atoms with E-state index in [0.29, 0.717) is 18.2 Å². The number of carbonyl (C=O) groups excluding carboxylic acids is 1. The molecule has 0 fully saturated rings. The van der Waals surface area contributed by atoms with Gasteiger partial charge in [-0.3, -0.25) is 4.79 Å². The molecule has 0 radical (unpaired) electrons. The Morgan fingerprint density at radius 1 is 1.00 bits per heavy atom. The second-order valence-electron chi connectivity index (χ2n) is 6.03. The summed E-state index contributed by atoms with van der Waals surface area (Å²) in [7, 11) is 1.86. The first-order valence-corrected chi connectivity index (χ1v) is 8.35. The molecule has 2 aromatic rings. The van der Waals surface area contributed by atoms with Gasteiger partial charge in [-0.15, -0.1) is 0 Å². The lowest BCUT2D eigenvalue weighted by Crippen LogP contribution is -2.36. The van der Waals surface area contributed by atoms with E-state index in [2.05, 4.69) is 30.5 Å². The van der Waals surface area contributed by atoms with Crippen molar-refractivity contribution in [1.82, 2.24) is 10.6 Å². The molecule has 24 heavy (non-hydrogen) atoms. The molecule has 0 heterocycles. The third kappa shape index (κ3) is 5.10. The molecule has 0 aliphatic rings. The standard InChI is InChI=1S/C20H26N2O2/c1-15(2)17-10-7-11-18(14-17)24-19(16-8-5-4-6-9-16)20(23)22-13-12-21-3/h4-11,14-15,19,21H,12-13H2,1-3H3,(H,22,23). The fourth-order valence-corrected chi connectivity index (χ4v) is 2.39. The number of hydrogen-bond donors (Lipinski definition) is 2. The van der Waals surface area contributed by atoms with Crippen molar-refractivity contribution < 1.29 is 9.53 Å². The van der Waals surface area contributed by atoms with Crippen LogP contribution < -0.4 is 15.4 Å². The molecule has 2 rings (SSSR count). The highest BCUT2D eigenvalue weighted by Gasteiger charge is 2.22. The van der Waals surface area contributed by atoms with Crippen LogP contribution in [0, 0.1) is 0 Å². The van der Waals surface area contributed by atoms with Gasteiger partial charge in [-0.25, -0.2) is 0 Å². The topological polar surface area (TPSA) is 50.4 Å². The average Bonchev–Trinajstić information content (AvgIpc) is 2.60. The predicted octanol–water partition coefficient (Wildman–Crippen LogP) is 3.27. The first-order chi connectivity index (χ1) is 11.6. The minimum Gasteiger partial charge on any atom is -0.476 e. The van der Waals surface area contributed by atoms with Crippen LogP contribution in [0.25, 0.3) is 0 Å². The fraction of sp³-hybridized carbons (Fsp3) is 0.350. The van der Waals surface area contributed by atoms with Gasteiger partial charge in [0.05, 0.1) is 0 Å². The monoisotopic (exact) mass is 326 g/mol. The molecule has 128 valence electrons. The van der Waals surface area contributed by atoms with Crippen LogP contribution in [0.3, 0.4) is 0 Å². The number of ether oxygens (including phenoxy) is 1. The molecule has 0 saturated carbocycles. The highest BCUT2D eigenvalue weighted by Crippen LogP contribution is 2.25. The van der Waals surface area contributed by atoms with Crippen LogP contribution in [0.1, 0.15) is 37.0 Å². The van der Waals surface area contributed by atoms with Crippen molar-refractivity contribution in [2.24, 2.45) is 0 Å². The van der Waals surface area contributed by atoms with Crippen molar-refractivity contribution in [3.63, 3.8) is 0 Å². The molecule has 0 aliphatic carbocycles. The van der Waals surface area contributed by atoms with Gasteiger partial charge in [0, 0.05) is 18.7 Å². The molecule has 2 N–H and O–H groups in total. The molecule has 0 bridgehead atoms. The van der Waals surface area contributed by atoms with Crippen molar-refractivity contribution in [3.8, 4) is 5.75 Å². The van der Waals surface area contributed by atoms with Gasteiger partial charge in [-0.2, -0.15) is 0 Å². The summed E-state index contributed by atoms with van der Waals surface area (Å²) in [6.45, 7) is 5.56. The molecular formula is C20H26N2O2. The molecule has 0 saturated heterocycles. The number of hydrogen-bond acceptors (Lipinski definition) is 3. The van der Waals surface area contributed by atoms with Crippen molar-refractivity contribution in [2.75, 3.05) is 20.1 Å². The SMILES string of the molecule is CNCCNC(=O)C(Oc1cccc(C(C)C)c1)c1ccccc1. The molecule has 0 aromatic heterocycles. The smallest absolute Gasteiger partial charge is 0.265 e. The van der Waals surface area contributed by atoms with Crippen LogP contribution in [0.15, 0.2) is 54.6 Å². The molecule has 2 aromatic carbocycles. The van der Waals surface area contributed by atoms with Gasteiger partial charge in [0.15, 0.2) is 0 Å². The Morgan fingerprint density at radius 3 is 2.38 bits per heavy atom. The number of nitrogens with one attached hydrogen (secondary N) is 2. The summed E-state index contributed by atoms with van der Waals surface area (Å²) < 4.78 is 6.05. The number of carbonyl (C=O) groups is 1. The molecule has 1 amide bonds. The maximum Gasteiger partial charge on any atom is 0.265 e. The van der Waals surface area contributed by atoms with Gasteiger partial charge in [0.2, 0.25) is 6.10 Å². The lowest BCUT2D eigenvalue weighted by atomic mass is 10.0. The van der Waals surface area contributed by atoms with Crippen molar-refractivity contribution in [2.45, 2.75) is 25.9 Å². The van der Waals surface area contributed by atoms with Gasteiger partial charge in [0.1, 0.15) is 5.75 Å². The Hall–Kier alpha value is -2.33. The first kappa shape index (κ1) is 18.0. The molecule has 1 atom stereocenters. The van der Waals surface area contributed by atoms with E-state index in [1.807, 2.05) is 55.6 Å². The van der Waals surface area contributed by atoms with Crippen LogP contribution in [0.4, 0.5) is 0 Å². The van der Waals surface area contributed by atoms with Crippen molar-refractivity contribution in [1.29, 1.82) is 0 Å². The summed E-state index contributed by atoms with van der Waals surface area (Å²) >= 11 is 0. The quantitative estimate of drug-likeness (QED) is 0.732. The van der Waals surface area contributed by atoms with E-state index in [9.17, 15) is 4.79 Å². The lowest BCUT2D eigenvalue weighted by Gasteiger charge is -2.20. The molecule has 4 heteroatoms. The Labute approximate surface area is 144 Å². The predicted molar refractivity (Wildman–Crippen MR) is 97.3 cm³/mol. The minimum atomic E-state index is -0.662. The average molecular weight is 326 g/mol. The van der Waals surface area contributed by atoms with Crippen LogP contribution in [-0.4, -0.2) is 26.0 Å². The van der Waals surface area contributed by atoms with Gasteiger partial charge in [0.25, 0.3) is 5.91 Å². The van der Waals surface area contributed by atoms with E-state index in [-0.39, 0.29) is 5.91 Å². The summed E-state index contributed by atoms with van der Waals surface area (Å²) in [6, 6.07) is 17.5. The second kappa shape index (κ2) is 9.08. The van der Waals surface area contributed by atoms with E-state index in [4.69, 9.17) is 4.74 Å². The van der Waals surface area contributed by atoms with Gasteiger partial charge in [-0.1, -0.05) is 56.3 Å². The third-order valence-corrected chi connectivity index (χ3v) is 3.79. The van der Waals surface area contributed by atoms with Crippen LogP contribution in [0.5, 0.6) is 5.75 Å². The summed E-state index contributed by atoms with van der Waals surface area (Å²) in [5, 5.41) is 5.93. The van der Waals surface area contributed by atoms with Crippen molar-refractivity contribution in [3.05, 3.63) is 65.7 Å². The van der Waals surface area contributed by atoms with Gasteiger partial charge >= 0.3 is 0 Å². The first-order valence-electron chi connectivity index (χ1n) is 8.35. The number of benzene rings is 2. The number of likely N-dealkylation sites (N-methyl/N-ethyl adjacent to an activating group) is 1. The highest BCUT2D eigenvalue weighted by molar-refractivity contribution is 5.82. The van der Waals surface area contributed by atoms with Crippen LogP contribution in [0.2, 0.25) is 0 Å². The van der Waals surface area contributed by atoms with E-state index in [1.54, 1.807) is 0 Å². The summed E-state index contributed by atoms with van der Waals surface area (Å²) in [4.78, 5) is 12.6. The summed E-state index contributed by atoms with van der Waals surface area (Å²) in [5.74, 6) is 0.985.